The van der Waals surface area contributed by atoms with E-state index >= 15 is 0 Å². The van der Waals surface area contributed by atoms with E-state index in [1.54, 1.807) is 0 Å². The first-order valence-electron chi connectivity index (χ1n) is 10.2. The second kappa shape index (κ2) is 15.8. The van der Waals surface area contributed by atoms with E-state index in [4.69, 9.17) is 0 Å². The molecule has 1 nitrogen and oxygen atoms in total. The molecule has 0 rings (SSSR count). The van der Waals surface area contributed by atoms with Gasteiger partial charge in [0.2, 0.25) is 0 Å². The van der Waals surface area contributed by atoms with Gasteiger partial charge in [-0.2, -0.15) is 0 Å². The van der Waals surface area contributed by atoms with Crippen molar-refractivity contribution in [2.75, 3.05) is 20.1 Å². The van der Waals surface area contributed by atoms with Crippen LogP contribution in [0.5, 0.6) is 0 Å². The molecule has 0 aliphatic rings. The average molecular weight is 312 g/mol. The lowest BCUT2D eigenvalue weighted by Crippen LogP contribution is -2.20. The van der Waals surface area contributed by atoms with Gasteiger partial charge in [-0.3, -0.25) is 0 Å². The summed E-state index contributed by atoms with van der Waals surface area (Å²) < 4.78 is 0. The molecule has 134 valence electrons. The van der Waals surface area contributed by atoms with Crippen LogP contribution in [0.25, 0.3) is 0 Å². The summed E-state index contributed by atoms with van der Waals surface area (Å²) >= 11 is 0. The molecule has 0 aliphatic carbocycles. The third kappa shape index (κ3) is 18.0. The van der Waals surface area contributed by atoms with Gasteiger partial charge in [-0.25, -0.2) is 0 Å². The van der Waals surface area contributed by atoms with Crippen molar-refractivity contribution in [1.82, 2.24) is 4.90 Å². The van der Waals surface area contributed by atoms with E-state index in [0.29, 0.717) is 0 Å². The van der Waals surface area contributed by atoms with Crippen LogP contribution < -0.4 is 0 Å². The minimum absolute atomic E-state index is 0.886. The molecule has 0 aliphatic heterocycles. The van der Waals surface area contributed by atoms with E-state index in [-0.39, 0.29) is 0 Å². The van der Waals surface area contributed by atoms with Crippen molar-refractivity contribution < 1.29 is 0 Å². The number of hydrogen-bond donors (Lipinski definition) is 0. The average Bonchev–Trinajstić information content (AvgIpc) is 2.44. The molecule has 0 heterocycles. The van der Waals surface area contributed by atoms with Gasteiger partial charge in [-0.15, -0.1) is 0 Å². The molecule has 0 aromatic rings. The molecule has 0 amide bonds. The lowest BCUT2D eigenvalue weighted by Gasteiger charge is -2.16. The van der Waals surface area contributed by atoms with E-state index in [0.717, 1.165) is 11.8 Å². The van der Waals surface area contributed by atoms with Crippen LogP contribution in [0.4, 0.5) is 0 Å². The molecule has 0 aromatic heterocycles. The van der Waals surface area contributed by atoms with E-state index in [2.05, 4.69) is 39.6 Å². The maximum absolute atomic E-state index is 2.54. The summed E-state index contributed by atoms with van der Waals surface area (Å²) in [6, 6.07) is 0. The molecule has 0 bridgehead atoms. The van der Waals surface area contributed by atoms with Gasteiger partial charge in [-0.05, 0) is 44.8 Å². The summed E-state index contributed by atoms with van der Waals surface area (Å²) in [7, 11) is 2.30. The Balaban J connectivity index is 3.18. The van der Waals surface area contributed by atoms with Crippen molar-refractivity contribution in [3.05, 3.63) is 0 Å². The first kappa shape index (κ1) is 22.0. The molecule has 0 spiro atoms. The molecule has 0 saturated carbocycles. The molecular weight excluding hydrogens is 266 g/mol. The largest absolute Gasteiger partial charge is 0.306 e. The third-order valence-electron chi connectivity index (χ3n) is 4.64. The van der Waals surface area contributed by atoms with Gasteiger partial charge in [0.25, 0.3) is 0 Å². The molecule has 0 aromatic carbocycles. The highest BCUT2D eigenvalue weighted by Crippen LogP contribution is 2.12. The number of unbranched alkanes of at least 4 members (excludes halogenated alkanes) is 8. The Bertz CT molecular complexity index is 188. The van der Waals surface area contributed by atoms with Gasteiger partial charge in [0, 0.05) is 0 Å². The molecular formula is C21H45N. The lowest BCUT2D eigenvalue weighted by molar-refractivity contribution is 0.313. The molecule has 0 saturated heterocycles. The van der Waals surface area contributed by atoms with Gasteiger partial charge < -0.3 is 4.90 Å². The highest BCUT2D eigenvalue weighted by molar-refractivity contribution is 4.55. The standard InChI is InChI=1S/C21H45N/c1-20(2)16-12-8-6-10-14-18-22(5)19-15-11-7-9-13-17-21(3)4/h20-21H,6-19H2,1-5H3. The van der Waals surface area contributed by atoms with Crippen LogP contribution in [0, 0.1) is 11.8 Å². The Morgan fingerprint density at radius 2 is 0.818 bits per heavy atom. The molecule has 0 unspecified atom stereocenters. The molecule has 22 heavy (non-hydrogen) atoms. The van der Waals surface area contributed by atoms with E-state index in [1.165, 1.54) is 90.1 Å². The minimum Gasteiger partial charge on any atom is -0.306 e. The highest BCUT2D eigenvalue weighted by Gasteiger charge is 2.00. The summed E-state index contributed by atoms with van der Waals surface area (Å²) in [6.45, 7) is 11.9. The van der Waals surface area contributed by atoms with Crippen molar-refractivity contribution in [3.8, 4) is 0 Å². The van der Waals surface area contributed by atoms with Crippen molar-refractivity contribution in [2.45, 2.75) is 105 Å². The van der Waals surface area contributed by atoms with Crippen molar-refractivity contribution in [1.29, 1.82) is 0 Å². The van der Waals surface area contributed by atoms with E-state index in [9.17, 15) is 0 Å². The maximum atomic E-state index is 2.54. The SMILES string of the molecule is CC(C)CCCCCCCN(C)CCCCCCCC(C)C. The molecule has 0 radical (unpaired) electrons. The number of hydrogen-bond acceptors (Lipinski definition) is 1. The molecule has 0 atom stereocenters. The number of nitrogens with zero attached hydrogens (tertiary/aromatic N) is 1. The van der Waals surface area contributed by atoms with E-state index < -0.39 is 0 Å². The number of rotatable bonds is 16. The lowest BCUT2D eigenvalue weighted by atomic mass is 10.0. The summed E-state index contributed by atoms with van der Waals surface area (Å²) in [5, 5.41) is 0. The molecule has 0 N–H and O–H groups in total. The van der Waals surface area contributed by atoms with Crippen LogP contribution in [-0.2, 0) is 0 Å². The van der Waals surface area contributed by atoms with Crippen molar-refractivity contribution in [2.24, 2.45) is 11.8 Å². The topological polar surface area (TPSA) is 3.24 Å². The van der Waals surface area contributed by atoms with Crippen LogP contribution in [0.3, 0.4) is 0 Å². The van der Waals surface area contributed by atoms with Crippen LogP contribution in [0.15, 0.2) is 0 Å². The monoisotopic (exact) mass is 311 g/mol. The second-order valence-corrected chi connectivity index (χ2v) is 8.20. The van der Waals surface area contributed by atoms with Gasteiger partial charge >= 0.3 is 0 Å². The zero-order valence-corrected chi connectivity index (χ0v) is 16.5. The summed E-state index contributed by atoms with van der Waals surface area (Å²) in [5.74, 6) is 1.77. The van der Waals surface area contributed by atoms with Crippen LogP contribution in [0.2, 0.25) is 0 Å². The Labute approximate surface area is 142 Å². The first-order chi connectivity index (χ1) is 10.5. The predicted octanol–water partition coefficient (Wildman–Crippen LogP) is 6.91. The molecule has 1 heteroatoms. The Kier molecular flexibility index (Phi) is 15.8. The van der Waals surface area contributed by atoms with Crippen molar-refractivity contribution >= 4 is 0 Å². The van der Waals surface area contributed by atoms with Crippen LogP contribution in [-0.4, -0.2) is 25.0 Å². The van der Waals surface area contributed by atoms with Crippen LogP contribution in [0.1, 0.15) is 105 Å². The summed E-state index contributed by atoms with van der Waals surface area (Å²) in [6.07, 6.45) is 17.1. The quantitative estimate of drug-likeness (QED) is 0.280. The predicted molar refractivity (Wildman–Crippen MR) is 103 cm³/mol. The molecule has 0 fully saturated rings. The Morgan fingerprint density at radius 3 is 1.18 bits per heavy atom. The first-order valence-corrected chi connectivity index (χ1v) is 10.2. The summed E-state index contributed by atoms with van der Waals surface area (Å²) in [4.78, 5) is 2.54. The fourth-order valence-corrected chi connectivity index (χ4v) is 3.04. The fourth-order valence-electron chi connectivity index (χ4n) is 3.04. The zero-order chi connectivity index (χ0) is 16.6. The Hall–Kier alpha value is -0.0400. The van der Waals surface area contributed by atoms with E-state index in [1.807, 2.05) is 0 Å². The minimum atomic E-state index is 0.886. The zero-order valence-electron chi connectivity index (χ0n) is 16.5. The maximum Gasteiger partial charge on any atom is -0.00218 e. The highest BCUT2D eigenvalue weighted by atomic mass is 15.1. The van der Waals surface area contributed by atoms with Gasteiger partial charge in [0.05, 0.1) is 0 Å². The fraction of sp³-hybridized carbons (Fsp3) is 1.00. The smallest absolute Gasteiger partial charge is 0.00218 e. The van der Waals surface area contributed by atoms with Gasteiger partial charge in [0.1, 0.15) is 0 Å². The normalized spacial score (nSPS) is 12.0. The summed E-state index contributed by atoms with van der Waals surface area (Å²) in [5.41, 5.74) is 0. The third-order valence-corrected chi connectivity index (χ3v) is 4.64. The van der Waals surface area contributed by atoms with Crippen molar-refractivity contribution in [3.63, 3.8) is 0 Å². The Morgan fingerprint density at radius 1 is 0.500 bits per heavy atom. The van der Waals surface area contributed by atoms with Crippen LogP contribution >= 0.6 is 0 Å². The second-order valence-electron chi connectivity index (χ2n) is 8.20. The van der Waals surface area contributed by atoms with Gasteiger partial charge in [-0.1, -0.05) is 91.9 Å². The van der Waals surface area contributed by atoms with Gasteiger partial charge in [0.15, 0.2) is 0 Å².